The van der Waals surface area contributed by atoms with Crippen LogP contribution in [0.25, 0.3) is 11.0 Å². The van der Waals surface area contributed by atoms with E-state index in [0.29, 0.717) is 25.7 Å². The summed E-state index contributed by atoms with van der Waals surface area (Å²) in [6.07, 6.45) is 0. The van der Waals surface area contributed by atoms with Crippen LogP contribution in [0, 0.1) is 6.92 Å². The normalized spacial score (nSPS) is 16.1. The van der Waals surface area contributed by atoms with Crippen molar-refractivity contribution in [3.63, 3.8) is 0 Å². The number of imidazole rings is 1. The number of rotatable bonds is 4. The lowest BCUT2D eigenvalue weighted by Gasteiger charge is -2.25. The van der Waals surface area contributed by atoms with E-state index in [1.54, 1.807) is 0 Å². The Kier molecular flexibility index (Phi) is 4.40. The minimum Gasteiger partial charge on any atom is -0.379 e. The van der Waals surface area contributed by atoms with E-state index in [0.717, 1.165) is 30.7 Å². The van der Waals surface area contributed by atoms with Crippen molar-refractivity contribution in [1.29, 1.82) is 0 Å². The van der Waals surface area contributed by atoms with Crippen LogP contribution in [0.3, 0.4) is 0 Å². The fourth-order valence-corrected chi connectivity index (χ4v) is 2.78. The third-order valence-electron chi connectivity index (χ3n) is 3.94. The van der Waals surface area contributed by atoms with Crippen LogP contribution in [0.15, 0.2) is 18.2 Å². The van der Waals surface area contributed by atoms with E-state index in [2.05, 4.69) is 34.3 Å². The summed E-state index contributed by atoms with van der Waals surface area (Å²) < 4.78 is 7.33. The van der Waals surface area contributed by atoms with Gasteiger partial charge in [-0.25, -0.2) is 4.98 Å². The molecule has 0 radical (unpaired) electrons. The zero-order valence-electron chi connectivity index (χ0n) is 13.1. The largest absolute Gasteiger partial charge is 0.379 e. The highest BCUT2D eigenvalue weighted by atomic mass is 16.5. The van der Waals surface area contributed by atoms with Gasteiger partial charge in [0, 0.05) is 19.6 Å². The predicted octanol–water partition coefficient (Wildman–Crippen LogP) is 1.64. The van der Waals surface area contributed by atoms with Crippen LogP contribution < -0.4 is 5.32 Å². The number of aromatic nitrogens is 2. The van der Waals surface area contributed by atoms with Gasteiger partial charge in [-0.1, -0.05) is 6.07 Å². The van der Waals surface area contributed by atoms with Crippen molar-refractivity contribution in [2.75, 3.05) is 38.2 Å². The molecule has 3 rings (SSSR count). The number of aryl methyl sites for hydroxylation is 2. The van der Waals surface area contributed by atoms with Gasteiger partial charge in [-0.2, -0.15) is 0 Å². The molecule has 1 saturated heterocycles. The van der Waals surface area contributed by atoms with Gasteiger partial charge in [-0.15, -0.1) is 0 Å². The molecule has 0 bridgehead atoms. The smallest absolute Gasteiger partial charge is 0.240 e. The summed E-state index contributed by atoms with van der Waals surface area (Å²) in [4.78, 5) is 18.9. The van der Waals surface area contributed by atoms with Crippen molar-refractivity contribution in [2.45, 2.75) is 20.4 Å². The first-order chi connectivity index (χ1) is 10.7. The molecule has 0 unspecified atom stereocenters. The van der Waals surface area contributed by atoms with Crippen LogP contribution in [0.2, 0.25) is 0 Å². The van der Waals surface area contributed by atoms with Crippen LogP contribution in [0.5, 0.6) is 0 Å². The molecule has 1 aromatic heterocycles. The maximum atomic E-state index is 12.2. The highest BCUT2D eigenvalue weighted by molar-refractivity contribution is 5.93. The van der Waals surface area contributed by atoms with E-state index in [1.165, 1.54) is 5.56 Å². The van der Waals surface area contributed by atoms with Crippen molar-refractivity contribution in [3.05, 3.63) is 23.8 Å². The zero-order valence-corrected chi connectivity index (χ0v) is 13.1. The number of nitrogens with zero attached hydrogens (tertiary/aromatic N) is 3. The number of anilines is 1. The molecule has 1 aliphatic heterocycles. The second-order valence-corrected chi connectivity index (χ2v) is 5.61. The Morgan fingerprint density at radius 3 is 2.86 bits per heavy atom. The number of amides is 1. The number of carbonyl (C=O) groups is 1. The molecule has 0 saturated carbocycles. The van der Waals surface area contributed by atoms with Gasteiger partial charge in [0.15, 0.2) is 0 Å². The molecule has 1 amide bonds. The fraction of sp³-hybridized carbons (Fsp3) is 0.500. The van der Waals surface area contributed by atoms with Crippen molar-refractivity contribution in [3.8, 4) is 0 Å². The number of ether oxygens (including phenoxy) is 1. The Morgan fingerprint density at radius 1 is 1.36 bits per heavy atom. The molecule has 6 heteroatoms. The standard InChI is InChI=1S/C16H22N4O2/c1-3-20-14-5-4-12(2)10-13(14)17-16(20)18-15(21)11-19-6-8-22-9-7-19/h4-5,10H,3,6-9,11H2,1-2H3,(H,17,18,21). The minimum atomic E-state index is -0.0244. The number of hydrogen-bond donors (Lipinski definition) is 1. The van der Waals surface area contributed by atoms with Gasteiger partial charge >= 0.3 is 0 Å². The van der Waals surface area contributed by atoms with Gasteiger partial charge in [0.25, 0.3) is 0 Å². The molecule has 1 fully saturated rings. The second-order valence-electron chi connectivity index (χ2n) is 5.61. The molecule has 0 spiro atoms. The SMILES string of the molecule is CCn1c(NC(=O)CN2CCOCC2)nc2cc(C)ccc21. The van der Waals surface area contributed by atoms with Gasteiger partial charge < -0.3 is 9.30 Å². The molecule has 22 heavy (non-hydrogen) atoms. The van der Waals surface area contributed by atoms with Crippen LogP contribution in [-0.2, 0) is 16.1 Å². The van der Waals surface area contributed by atoms with Gasteiger partial charge in [0.2, 0.25) is 11.9 Å². The van der Waals surface area contributed by atoms with E-state index < -0.39 is 0 Å². The van der Waals surface area contributed by atoms with Crippen LogP contribution in [0.1, 0.15) is 12.5 Å². The Balaban J connectivity index is 1.76. The lowest BCUT2D eigenvalue weighted by molar-refractivity contribution is -0.118. The Morgan fingerprint density at radius 2 is 2.14 bits per heavy atom. The first-order valence-corrected chi connectivity index (χ1v) is 7.74. The first kappa shape index (κ1) is 15.0. The highest BCUT2D eigenvalue weighted by Crippen LogP contribution is 2.20. The molecule has 1 aliphatic rings. The number of carbonyl (C=O) groups excluding carboxylic acids is 1. The van der Waals surface area contributed by atoms with Crippen molar-refractivity contribution in [1.82, 2.24) is 14.5 Å². The van der Waals surface area contributed by atoms with Gasteiger partial charge in [-0.05, 0) is 31.5 Å². The van der Waals surface area contributed by atoms with Crippen molar-refractivity contribution < 1.29 is 9.53 Å². The number of morpholine rings is 1. The molecular formula is C16H22N4O2. The maximum Gasteiger partial charge on any atom is 0.240 e. The molecule has 118 valence electrons. The fourth-order valence-electron chi connectivity index (χ4n) is 2.78. The lowest BCUT2D eigenvalue weighted by atomic mass is 10.2. The lowest BCUT2D eigenvalue weighted by Crippen LogP contribution is -2.41. The summed E-state index contributed by atoms with van der Waals surface area (Å²) in [6, 6.07) is 6.16. The van der Waals surface area contributed by atoms with Gasteiger partial charge in [0.05, 0.1) is 30.8 Å². The Labute approximate surface area is 130 Å². The molecule has 2 heterocycles. The average molecular weight is 302 g/mol. The molecule has 6 nitrogen and oxygen atoms in total. The summed E-state index contributed by atoms with van der Waals surface area (Å²) in [6.45, 7) is 8.25. The van der Waals surface area contributed by atoms with Crippen LogP contribution in [0.4, 0.5) is 5.95 Å². The quantitative estimate of drug-likeness (QED) is 0.932. The van der Waals surface area contributed by atoms with E-state index in [4.69, 9.17) is 4.74 Å². The molecule has 1 N–H and O–H groups in total. The number of fused-ring (bicyclic) bond motifs is 1. The highest BCUT2D eigenvalue weighted by Gasteiger charge is 2.17. The number of hydrogen-bond acceptors (Lipinski definition) is 4. The van der Waals surface area contributed by atoms with E-state index in [9.17, 15) is 4.79 Å². The third-order valence-corrected chi connectivity index (χ3v) is 3.94. The first-order valence-electron chi connectivity index (χ1n) is 7.74. The summed E-state index contributed by atoms with van der Waals surface area (Å²) in [5.74, 6) is 0.602. The Hall–Kier alpha value is -1.92. The average Bonchev–Trinajstić information content (AvgIpc) is 2.84. The van der Waals surface area contributed by atoms with E-state index in [1.807, 2.05) is 17.6 Å². The van der Waals surface area contributed by atoms with Gasteiger partial charge in [0.1, 0.15) is 0 Å². The minimum absolute atomic E-state index is 0.0244. The zero-order chi connectivity index (χ0) is 15.5. The van der Waals surface area contributed by atoms with E-state index >= 15 is 0 Å². The predicted molar refractivity (Wildman–Crippen MR) is 86.0 cm³/mol. The summed E-state index contributed by atoms with van der Waals surface area (Å²) in [7, 11) is 0. The monoisotopic (exact) mass is 302 g/mol. The topological polar surface area (TPSA) is 59.4 Å². The number of benzene rings is 1. The summed E-state index contributed by atoms with van der Waals surface area (Å²) in [5.41, 5.74) is 3.14. The maximum absolute atomic E-state index is 12.2. The number of nitrogens with one attached hydrogen (secondary N) is 1. The summed E-state index contributed by atoms with van der Waals surface area (Å²) in [5, 5.41) is 2.95. The van der Waals surface area contributed by atoms with Crippen LogP contribution >= 0.6 is 0 Å². The summed E-state index contributed by atoms with van der Waals surface area (Å²) >= 11 is 0. The van der Waals surface area contributed by atoms with Crippen molar-refractivity contribution >= 4 is 22.9 Å². The molecule has 2 aromatic rings. The molecule has 1 aromatic carbocycles. The van der Waals surface area contributed by atoms with Crippen LogP contribution in [-0.4, -0.2) is 53.2 Å². The second kappa shape index (κ2) is 6.46. The third kappa shape index (κ3) is 3.13. The molecule has 0 aliphatic carbocycles. The van der Waals surface area contributed by atoms with Gasteiger partial charge in [-0.3, -0.25) is 15.0 Å². The Bertz CT molecular complexity index is 674. The molecular weight excluding hydrogens is 280 g/mol. The molecule has 0 atom stereocenters. The van der Waals surface area contributed by atoms with Crippen molar-refractivity contribution in [2.24, 2.45) is 0 Å². The van der Waals surface area contributed by atoms with E-state index in [-0.39, 0.29) is 5.91 Å².